The lowest BCUT2D eigenvalue weighted by atomic mass is 10.1. The number of piperidine rings is 1. The van der Waals surface area contributed by atoms with E-state index < -0.39 is 5.82 Å². The molecule has 1 aliphatic heterocycles. The summed E-state index contributed by atoms with van der Waals surface area (Å²) in [5, 5.41) is 0. The number of ether oxygens (including phenoxy) is 1. The zero-order valence-corrected chi connectivity index (χ0v) is 12.3. The van der Waals surface area contributed by atoms with Crippen LogP contribution in [0.2, 0.25) is 0 Å². The van der Waals surface area contributed by atoms with Crippen LogP contribution in [-0.2, 0) is 0 Å². The summed E-state index contributed by atoms with van der Waals surface area (Å²) in [6.07, 6.45) is 3.02. The average molecular weight is 304 g/mol. The van der Waals surface area contributed by atoms with Crippen LogP contribution in [-0.4, -0.2) is 34.1 Å². The quantitative estimate of drug-likeness (QED) is 0.934. The third kappa shape index (κ3) is 3.24. The molecule has 0 spiro atoms. The lowest BCUT2D eigenvalue weighted by Gasteiger charge is -2.33. The standard InChI is InChI=1S/C15H17FN4O2/c1-10-18-13(8-14(21)19-10)20-7-3-4-11(9-20)22-15-12(16)5-2-6-17-15/h2,5-6,8,11H,3-4,7,9H2,1H3,(H,18,19,21). The number of aromatic nitrogens is 3. The third-order valence-electron chi connectivity index (χ3n) is 3.55. The predicted octanol–water partition coefficient (Wildman–Crippen LogP) is 1.66. The van der Waals surface area contributed by atoms with Gasteiger partial charge in [-0.2, -0.15) is 0 Å². The van der Waals surface area contributed by atoms with Crippen molar-refractivity contribution in [3.05, 3.63) is 46.4 Å². The fourth-order valence-corrected chi connectivity index (χ4v) is 2.58. The van der Waals surface area contributed by atoms with Gasteiger partial charge in [0.2, 0.25) is 0 Å². The molecule has 1 fully saturated rings. The molecule has 1 atom stereocenters. The Morgan fingerprint density at radius 3 is 3.14 bits per heavy atom. The Balaban J connectivity index is 1.74. The lowest BCUT2D eigenvalue weighted by molar-refractivity contribution is 0.164. The second kappa shape index (κ2) is 6.13. The summed E-state index contributed by atoms with van der Waals surface area (Å²) in [6.45, 7) is 3.08. The molecule has 6 nitrogen and oxygen atoms in total. The van der Waals surface area contributed by atoms with Crippen molar-refractivity contribution < 1.29 is 9.13 Å². The van der Waals surface area contributed by atoms with E-state index in [1.807, 2.05) is 4.90 Å². The van der Waals surface area contributed by atoms with E-state index >= 15 is 0 Å². The van der Waals surface area contributed by atoms with Crippen LogP contribution in [0.3, 0.4) is 0 Å². The number of hydrogen-bond acceptors (Lipinski definition) is 5. The first kappa shape index (κ1) is 14.5. The van der Waals surface area contributed by atoms with Crippen LogP contribution in [0.25, 0.3) is 0 Å². The third-order valence-corrected chi connectivity index (χ3v) is 3.55. The SMILES string of the molecule is Cc1nc(N2CCCC(Oc3ncccc3F)C2)cc(=O)[nH]1. The van der Waals surface area contributed by atoms with E-state index in [9.17, 15) is 9.18 Å². The van der Waals surface area contributed by atoms with Gasteiger partial charge in [0.1, 0.15) is 17.7 Å². The molecule has 2 aromatic rings. The molecule has 22 heavy (non-hydrogen) atoms. The number of anilines is 1. The Labute approximate surface area is 127 Å². The summed E-state index contributed by atoms with van der Waals surface area (Å²) in [6, 6.07) is 4.32. The first-order valence-corrected chi connectivity index (χ1v) is 7.22. The topological polar surface area (TPSA) is 71.1 Å². The first-order chi connectivity index (χ1) is 10.6. The largest absolute Gasteiger partial charge is 0.470 e. The van der Waals surface area contributed by atoms with Gasteiger partial charge in [-0.25, -0.2) is 14.4 Å². The van der Waals surface area contributed by atoms with Crippen LogP contribution in [0.15, 0.2) is 29.2 Å². The fourth-order valence-electron chi connectivity index (χ4n) is 2.58. The molecular weight excluding hydrogens is 287 g/mol. The lowest BCUT2D eigenvalue weighted by Crippen LogP contribution is -2.42. The number of aryl methyl sites for hydroxylation is 1. The van der Waals surface area contributed by atoms with Crippen LogP contribution in [0.5, 0.6) is 5.88 Å². The van der Waals surface area contributed by atoms with E-state index in [2.05, 4.69) is 15.0 Å². The summed E-state index contributed by atoms with van der Waals surface area (Å²) < 4.78 is 19.3. The van der Waals surface area contributed by atoms with Crippen molar-refractivity contribution in [3.8, 4) is 5.88 Å². The van der Waals surface area contributed by atoms with Crippen molar-refractivity contribution in [2.24, 2.45) is 0 Å². The molecule has 0 aliphatic carbocycles. The van der Waals surface area contributed by atoms with Gasteiger partial charge in [-0.05, 0) is 31.9 Å². The number of H-pyrrole nitrogens is 1. The second-order valence-corrected chi connectivity index (χ2v) is 5.31. The summed E-state index contributed by atoms with van der Waals surface area (Å²) in [5.74, 6) is 0.742. The van der Waals surface area contributed by atoms with Crippen LogP contribution in [0, 0.1) is 12.7 Å². The smallest absolute Gasteiger partial charge is 0.252 e. The number of halogens is 1. The maximum atomic E-state index is 13.6. The molecule has 0 saturated carbocycles. The van der Waals surface area contributed by atoms with Gasteiger partial charge < -0.3 is 14.6 Å². The van der Waals surface area contributed by atoms with Crippen LogP contribution in [0.1, 0.15) is 18.7 Å². The van der Waals surface area contributed by atoms with Crippen molar-refractivity contribution in [2.75, 3.05) is 18.0 Å². The Kier molecular flexibility index (Phi) is 4.04. The van der Waals surface area contributed by atoms with Crippen LogP contribution in [0.4, 0.5) is 10.2 Å². The Bertz CT molecular complexity index is 719. The minimum absolute atomic E-state index is 0.0180. The van der Waals surface area contributed by atoms with Gasteiger partial charge in [-0.15, -0.1) is 0 Å². The van der Waals surface area contributed by atoms with Crippen molar-refractivity contribution in [2.45, 2.75) is 25.9 Å². The Morgan fingerprint density at radius 2 is 2.36 bits per heavy atom. The highest BCUT2D eigenvalue weighted by Crippen LogP contribution is 2.21. The van der Waals surface area contributed by atoms with Crippen molar-refractivity contribution >= 4 is 5.82 Å². The molecule has 1 aliphatic rings. The minimum Gasteiger partial charge on any atom is -0.470 e. The monoisotopic (exact) mass is 304 g/mol. The summed E-state index contributed by atoms with van der Waals surface area (Å²) >= 11 is 0. The summed E-state index contributed by atoms with van der Waals surface area (Å²) in [5.41, 5.74) is -0.179. The zero-order valence-electron chi connectivity index (χ0n) is 12.3. The highest BCUT2D eigenvalue weighted by atomic mass is 19.1. The highest BCUT2D eigenvalue weighted by molar-refractivity contribution is 5.38. The normalized spacial score (nSPS) is 18.3. The zero-order chi connectivity index (χ0) is 15.5. The number of nitrogens with zero attached hydrogens (tertiary/aromatic N) is 3. The molecule has 3 rings (SSSR count). The maximum absolute atomic E-state index is 13.6. The van der Waals surface area contributed by atoms with Gasteiger partial charge in [0.05, 0.1) is 6.54 Å². The molecule has 116 valence electrons. The number of hydrogen-bond donors (Lipinski definition) is 1. The molecule has 1 saturated heterocycles. The van der Waals surface area contributed by atoms with Gasteiger partial charge in [0.15, 0.2) is 5.82 Å². The Morgan fingerprint density at radius 1 is 1.50 bits per heavy atom. The molecular formula is C15H17FN4O2. The molecule has 7 heteroatoms. The molecule has 0 aromatic carbocycles. The number of pyridine rings is 1. The van der Waals surface area contributed by atoms with E-state index in [0.717, 1.165) is 19.4 Å². The van der Waals surface area contributed by atoms with Crippen LogP contribution < -0.4 is 15.2 Å². The minimum atomic E-state index is -0.468. The van der Waals surface area contributed by atoms with Crippen molar-refractivity contribution in [1.29, 1.82) is 0 Å². The van der Waals surface area contributed by atoms with Crippen molar-refractivity contribution in [1.82, 2.24) is 15.0 Å². The van der Waals surface area contributed by atoms with E-state index in [0.29, 0.717) is 18.2 Å². The van der Waals surface area contributed by atoms with Gasteiger partial charge in [0.25, 0.3) is 11.4 Å². The second-order valence-electron chi connectivity index (χ2n) is 5.31. The molecule has 0 amide bonds. The summed E-state index contributed by atoms with van der Waals surface area (Å²) in [7, 11) is 0. The van der Waals surface area contributed by atoms with E-state index in [1.54, 1.807) is 6.92 Å². The van der Waals surface area contributed by atoms with Crippen molar-refractivity contribution in [3.63, 3.8) is 0 Å². The first-order valence-electron chi connectivity index (χ1n) is 7.22. The van der Waals surface area contributed by atoms with Crippen LogP contribution >= 0.6 is 0 Å². The summed E-state index contributed by atoms with van der Waals surface area (Å²) in [4.78, 5) is 24.4. The van der Waals surface area contributed by atoms with Gasteiger partial charge in [0, 0.05) is 18.8 Å². The molecule has 3 heterocycles. The molecule has 1 unspecified atom stereocenters. The Hall–Kier alpha value is -2.44. The fraction of sp³-hybridized carbons (Fsp3) is 0.400. The van der Waals surface area contributed by atoms with Gasteiger partial charge >= 0.3 is 0 Å². The average Bonchev–Trinajstić information content (AvgIpc) is 2.49. The number of aromatic amines is 1. The molecule has 1 N–H and O–H groups in total. The van der Waals surface area contributed by atoms with E-state index in [4.69, 9.17) is 4.74 Å². The van der Waals surface area contributed by atoms with Gasteiger partial charge in [-0.1, -0.05) is 0 Å². The number of nitrogens with one attached hydrogen (secondary N) is 1. The van der Waals surface area contributed by atoms with E-state index in [1.165, 1.54) is 24.4 Å². The molecule has 2 aromatic heterocycles. The van der Waals surface area contributed by atoms with E-state index in [-0.39, 0.29) is 17.5 Å². The molecule has 0 bridgehead atoms. The van der Waals surface area contributed by atoms with Gasteiger partial charge in [-0.3, -0.25) is 4.79 Å². The number of rotatable bonds is 3. The predicted molar refractivity (Wildman–Crippen MR) is 79.7 cm³/mol. The molecule has 0 radical (unpaired) electrons. The highest BCUT2D eigenvalue weighted by Gasteiger charge is 2.24. The maximum Gasteiger partial charge on any atom is 0.252 e.